The van der Waals surface area contributed by atoms with E-state index in [4.69, 9.17) is 9.47 Å². The van der Waals surface area contributed by atoms with Gasteiger partial charge < -0.3 is 19.7 Å². The fourth-order valence-electron chi connectivity index (χ4n) is 4.06. The van der Waals surface area contributed by atoms with Gasteiger partial charge in [0.15, 0.2) is 0 Å². The van der Waals surface area contributed by atoms with E-state index >= 15 is 0 Å². The van der Waals surface area contributed by atoms with E-state index in [0.29, 0.717) is 18.0 Å². The summed E-state index contributed by atoms with van der Waals surface area (Å²) in [6.07, 6.45) is 1.72. The Morgan fingerprint density at radius 1 is 0.900 bits per heavy atom. The number of nitrogens with zero attached hydrogens (tertiary/aromatic N) is 2. The number of sulfonamides is 1. The Kier molecular flexibility index (Phi) is 11.0. The van der Waals surface area contributed by atoms with Crippen LogP contribution in [0.25, 0.3) is 0 Å². The average Bonchev–Trinajstić information content (AvgIpc) is 2.98. The van der Waals surface area contributed by atoms with E-state index in [1.807, 2.05) is 6.92 Å². The van der Waals surface area contributed by atoms with Crippen LogP contribution < -0.4 is 19.1 Å². The van der Waals surface area contributed by atoms with Crippen LogP contribution in [0.5, 0.6) is 11.5 Å². The summed E-state index contributed by atoms with van der Waals surface area (Å²) in [6, 6.07) is 20.7. The van der Waals surface area contributed by atoms with Crippen LogP contribution in [0, 0.1) is 0 Å². The minimum atomic E-state index is -4.14. The third-order valence-electron chi connectivity index (χ3n) is 6.46. The van der Waals surface area contributed by atoms with Crippen LogP contribution in [0.4, 0.5) is 5.69 Å². The van der Waals surface area contributed by atoms with Crippen molar-refractivity contribution in [2.75, 3.05) is 31.6 Å². The number of nitrogens with one attached hydrogen (secondary N) is 1. The molecule has 0 bridgehead atoms. The standard InChI is InChI=1S/C30H37N3O6S/c1-5-6-19-31-30(35)23(2)32(21-24-15-17-26(38-3)18-16-24)29(34)22-33(25-11-10-12-27(20-25)39-4)40(36,37)28-13-8-7-9-14-28/h7-18,20,23H,5-6,19,21-22H2,1-4H3,(H,31,35)/t23-/m1/s1. The monoisotopic (exact) mass is 567 g/mol. The van der Waals surface area contributed by atoms with Crippen molar-refractivity contribution in [3.63, 3.8) is 0 Å². The van der Waals surface area contributed by atoms with Crippen molar-refractivity contribution in [1.29, 1.82) is 0 Å². The molecule has 0 aromatic heterocycles. The molecule has 3 aromatic carbocycles. The molecular weight excluding hydrogens is 530 g/mol. The fraction of sp³-hybridized carbons (Fsp3) is 0.333. The molecular formula is C30H37N3O6S. The molecule has 0 radical (unpaired) electrons. The van der Waals surface area contributed by atoms with Crippen LogP contribution >= 0.6 is 0 Å². The van der Waals surface area contributed by atoms with Gasteiger partial charge in [0, 0.05) is 19.2 Å². The fourth-order valence-corrected chi connectivity index (χ4v) is 5.49. The van der Waals surface area contributed by atoms with Gasteiger partial charge in [0.25, 0.3) is 10.0 Å². The van der Waals surface area contributed by atoms with Gasteiger partial charge in [-0.05, 0) is 55.3 Å². The molecule has 9 nitrogen and oxygen atoms in total. The van der Waals surface area contributed by atoms with Crippen LogP contribution in [0.1, 0.15) is 32.3 Å². The first-order chi connectivity index (χ1) is 19.2. The van der Waals surface area contributed by atoms with Crippen molar-refractivity contribution in [2.24, 2.45) is 0 Å². The zero-order chi connectivity index (χ0) is 29.1. The third kappa shape index (κ3) is 7.75. The van der Waals surface area contributed by atoms with Crippen LogP contribution in [0.3, 0.4) is 0 Å². The second-order valence-corrected chi connectivity index (χ2v) is 11.1. The SMILES string of the molecule is CCCCNC(=O)[C@@H](C)N(Cc1ccc(OC)cc1)C(=O)CN(c1cccc(OC)c1)S(=O)(=O)c1ccccc1. The topological polar surface area (TPSA) is 105 Å². The first-order valence-corrected chi connectivity index (χ1v) is 14.6. The maximum absolute atomic E-state index is 13.9. The molecule has 10 heteroatoms. The molecule has 0 aliphatic heterocycles. The molecule has 1 N–H and O–H groups in total. The van der Waals surface area contributed by atoms with E-state index in [-0.39, 0.29) is 23.0 Å². The average molecular weight is 568 g/mol. The molecule has 0 heterocycles. The highest BCUT2D eigenvalue weighted by Crippen LogP contribution is 2.27. The van der Waals surface area contributed by atoms with Crippen molar-refractivity contribution in [1.82, 2.24) is 10.2 Å². The Morgan fingerprint density at radius 3 is 2.20 bits per heavy atom. The normalized spacial score (nSPS) is 11.8. The summed E-state index contributed by atoms with van der Waals surface area (Å²) in [4.78, 5) is 28.4. The molecule has 40 heavy (non-hydrogen) atoms. The highest BCUT2D eigenvalue weighted by molar-refractivity contribution is 7.92. The Bertz CT molecular complexity index is 1360. The number of carbonyl (C=O) groups excluding carboxylic acids is 2. The van der Waals surface area contributed by atoms with Crippen LogP contribution in [-0.4, -0.2) is 58.5 Å². The van der Waals surface area contributed by atoms with Gasteiger partial charge in [-0.1, -0.05) is 49.7 Å². The van der Waals surface area contributed by atoms with Crippen LogP contribution in [-0.2, 0) is 26.2 Å². The number of amides is 2. The van der Waals surface area contributed by atoms with Gasteiger partial charge in [-0.25, -0.2) is 8.42 Å². The number of carbonyl (C=O) groups is 2. The lowest BCUT2D eigenvalue weighted by Crippen LogP contribution is -2.51. The maximum atomic E-state index is 13.9. The number of benzene rings is 3. The first-order valence-electron chi connectivity index (χ1n) is 13.1. The number of hydrogen-bond acceptors (Lipinski definition) is 6. The maximum Gasteiger partial charge on any atom is 0.264 e. The lowest BCUT2D eigenvalue weighted by molar-refractivity contribution is -0.139. The molecule has 3 rings (SSSR count). The van der Waals surface area contributed by atoms with Crippen LogP contribution in [0.2, 0.25) is 0 Å². The van der Waals surface area contributed by atoms with E-state index < -0.39 is 28.5 Å². The largest absolute Gasteiger partial charge is 0.497 e. The third-order valence-corrected chi connectivity index (χ3v) is 8.25. The molecule has 0 spiro atoms. The summed E-state index contributed by atoms with van der Waals surface area (Å²) < 4.78 is 39.2. The number of methoxy groups -OCH3 is 2. The molecule has 1 atom stereocenters. The van der Waals surface area contributed by atoms with E-state index in [9.17, 15) is 18.0 Å². The lowest BCUT2D eigenvalue weighted by Gasteiger charge is -2.32. The molecule has 0 aliphatic carbocycles. The lowest BCUT2D eigenvalue weighted by atomic mass is 10.1. The zero-order valence-electron chi connectivity index (χ0n) is 23.4. The second kappa shape index (κ2) is 14.4. The first kappa shape index (κ1) is 30.5. The van der Waals surface area contributed by atoms with Crippen molar-refractivity contribution < 1.29 is 27.5 Å². The molecule has 2 amide bonds. The highest BCUT2D eigenvalue weighted by Gasteiger charge is 2.32. The number of unbranched alkanes of at least 4 members (excludes halogenated alkanes) is 1. The molecule has 0 saturated heterocycles. The molecule has 0 unspecified atom stereocenters. The zero-order valence-corrected chi connectivity index (χ0v) is 24.2. The summed E-state index contributed by atoms with van der Waals surface area (Å²) in [6.45, 7) is 3.73. The van der Waals surface area contributed by atoms with E-state index in [1.165, 1.54) is 24.1 Å². The van der Waals surface area contributed by atoms with Gasteiger partial charge in [-0.3, -0.25) is 13.9 Å². The van der Waals surface area contributed by atoms with E-state index in [2.05, 4.69) is 5.32 Å². The van der Waals surface area contributed by atoms with Gasteiger partial charge in [0.05, 0.1) is 24.8 Å². The molecule has 0 saturated carbocycles. The quantitative estimate of drug-likeness (QED) is 0.292. The van der Waals surface area contributed by atoms with Gasteiger partial charge in [0.1, 0.15) is 24.1 Å². The molecule has 214 valence electrons. The number of ether oxygens (including phenoxy) is 2. The minimum absolute atomic E-state index is 0.0395. The summed E-state index contributed by atoms with van der Waals surface area (Å²) in [7, 11) is -1.09. The Labute approximate surface area is 236 Å². The molecule has 3 aromatic rings. The predicted molar refractivity (Wildman–Crippen MR) is 155 cm³/mol. The van der Waals surface area contributed by atoms with Crippen molar-refractivity contribution >= 4 is 27.5 Å². The minimum Gasteiger partial charge on any atom is -0.497 e. The van der Waals surface area contributed by atoms with Gasteiger partial charge in [-0.15, -0.1) is 0 Å². The summed E-state index contributed by atoms with van der Waals surface area (Å²) in [5.74, 6) is 0.257. The van der Waals surface area contributed by atoms with Crippen molar-refractivity contribution in [2.45, 2.75) is 44.2 Å². The van der Waals surface area contributed by atoms with Crippen molar-refractivity contribution in [3.05, 3.63) is 84.4 Å². The number of anilines is 1. The van der Waals surface area contributed by atoms with Crippen molar-refractivity contribution in [3.8, 4) is 11.5 Å². The Balaban J connectivity index is 2.00. The van der Waals surface area contributed by atoms with Gasteiger partial charge in [-0.2, -0.15) is 0 Å². The number of rotatable bonds is 14. The summed E-state index contributed by atoms with van der Waals surface area (Å²) >= 11 is 0. The smallest absolute Gasteiger partial charge is 0.264 e. The molecule has 0 fully saturated rings. The van der Waals surface area contributed by atoms with Crippen LogP contribution in [0.15, 0.2) is 83.8 Å². The predicted octanol–water partition coefficient (Wildman–Crippen LogP) is 4.23. The van der Waals surface area contributed by atoms with E-state index in [1.54, 1.807) is 80.8 Å². The Hall–Kier alpha value is -4.05. The summed E-state index contributed by atoms with van der Waals surface area (Å²) in [5.41, 5.74) is 1.03. The van der Waals surface area contributed by atoms with Gasteiger partial charge in [0.2, 0.25) is 11.8 Å². The molecule has 0 aliphatic rings. The second-order valence-electron chi connectivity index (χ2n) is 9.22. The van der Waals surface area contributed by atoms with Gasteiger partial charge >= 0.3 is 0 Å². The summed E-state index contributed by atoms with van der Waals surface area (Å²) in [5, 5.41) is 2.88. The number of hydrogen-bond donors (Lipinski definition) is 1. The van der Waals surface area contributed by atoms with E-state index in [0.717, 1.165) is 22.7 Å². The highest BCUT2D eigenvalue weighted by atomic mass is 32.2. The Morgan fingerprint density at radius 2 is 1.57 bits per heavy atom.